The highest BCUT2D eigenvalue weighted by Crippen LogP contribution is 2.24. The molecule has 0 radical (unpaired) electrons. The average Bonchev–Trinajstić information content (AvgIpc) is 3.22. The number of hydrogen-bond acceptors (Lipinski definition) is 4. The van der Waals surface area contributed by atoms with Crippen molar-refractivity contribution in [1.29, 1.82) is 0 Å². The SMILES string of the molecule is C=CCNC(=O)CC[C@@H]1NC(=O)N(CCc2c[nH]c3ccc(OC)cc23)C1=O. The van der Waals surface area contributed by atoms with Gasteiger partial charge in [0.2, 0.25) is 5.91 Å². The number of benzene rings is 1. The van der Waals surface area contributed by atoms with Crippen LogP contribution < -0.4 is 15.4 Å². The van der Waals surface area contributed by atoms with Gasteiger partial charge in [-0.2, -0.15) is 0 Å². The van der Waals surface area contributed by atoms with Gasteiger partial charge < -0.3 is 20.4 Å². The van der Waals surface area contributed by atoms with E-state index in [-0.39, 0.29) is 31.2 Å². The first kappa shape index (κ1) is 19.5. The largest absolute Gasteiger partial charge is 0.497 e. The fourth-order valence-electron chi connectivity index (χ4n) is 3.26. The Balaban J connectivity index is 1.59. The maximum absolute atomic E-state index is 12.5. The van der Waals surface area contributed by atoms with Gasteiger partial charge in [0.1, 0.15) is 11.8 Å². The Kier molecular flexibility index (Phi) is 5.98. The number of nitrogens with one attached hydrogen (secondary N) is 3. The number of imide groups is 1. The van der Waals surface area contributed by atoms with E-state index in [4.69, 9.17) is 4.74 Å². The van der Waals surface area contributed by atoms with Crippen molar-refractivity contribution in [3.05, 3.63) is 42.6 Å². The van der Waals surface area contributed by atoms with Crippen LogP contribution in [0.2, 0.25) is 0 Å². The molecule has 1 aromatic heterocycles. The molecular weight excluding hydrogens is 360 g/mol. The van der Waals surface area contributed by atoms with Gasteiger partial charge in [-0.1, -0.05) is 6.08 Å². The lowest BCUT2D eigenvalue weighted by molar-refractivity contribution is -0.127. The Labute approximate surface area is 162 Å². The van der Waals surface area contributed by atoms with Crippen molar-refractivity contribution in [3.8, 4) is 5.75 Å². The third kappa shape index (κ3) is 4.16. The number of aromatic nitrogens is 1. The highest BCUT2D eigenvalue weighted by Gasteiger charge is 2.37. The summed E-state index contributed by atoms with van der Waals surface area (Å²) in [5.41, 5.74) is 1.97. The van der Waals surface area contributed by atoms with Gasteiger partial charge in [-0.3, -0.25) is 14.5 Å². The average molecular weight is 384 g/mol. The Hall–Kier alpha value is -3.29. The number of fused-ring (bicyclic) bond motifs is 1. The fourth-order valence-corrected chi connectivity index (χ4v) is 3.26. The molecule has 3 rings (SSSR count). The Bertz CT molecular complexity index is 905. The number of H-pyrrole nitrogens is 1. The summed E-state index contributed by atoms with van der Waals surface area (Å²) in [6.07, 6.45) is 4.43. The second-order valence-electron chi connectivity index (χ2n) is 6.60. The number of ether oxygens (including phenoxy) is 1. The first-order valence-corrected chi connectivity index (χ1v) is 9.17. The molecule has 8 nitrogen and oxygen atoms in total. The van der Waals surface area contributed by atoms with Gasteiger partial charge in [-0.25, -0.2) is 4.79 Å². The van der Waals surface area contributed by atoms with Crippen molar-refractivity contribution in [2.24, 2.45) is 0 Å². The van der Waals surface area contributed by atoms with Crippen molar-refractivity contribution in [3.63, 3.8) is 0 Å². The van der Waals surface area contributed by atoms with Crippen LogP contribution in [0.15, 0.2) is 37.1 Å². The van der Waals surface area contributed by atoms with Crippen LogP contribution in [0, 0.1) is 0 Å². The number of nitrogens with zero attached hydrogens (tertiary/aromatic N) is 1. The highest BCUT2D eigenvalue weighted by molar-refractivity contribution is 6.04. The molecule has 1 aliphatic rings. The first-order valence-electron chi connectivity index (χ1n) is 9.17. The zero-order valence-corrected chi connectivity index (χ0v) is 15.8. The summed E-state index contributed by atoms with van der Waals surface area (Å²) in [6.45, 7) is 4.18. The van der Waals surface area contributed by atoms with Crippen molar-refractivity contribution < 1.29 is 19.1 Å². The van der Waals surface area contributed by atoms with E-state index in [0.29, 0.717) is 13.0 Å². The molecule has 1 atom stereocenters. The molecule has 0 unspecified atom stereocenters. The summed E-state index contributed by atoms with van der Waals surface area (Å²) in [5.74, 6) is 0.283. The summed E-state index contributed by atoms with van der Waals surface area (Å²) in [4.78, 5) is 40.8. The van der Waals surface area contributed by atoms with Crippen LogP contribution in [-0.4, -0.2) is 54.0 Å². The van der Waals surface area contributed by atoms with Crippen LogP contribution in [-0.2, 0) is 16.0 Å². The molecule has 0 aliphatic carbocycles. The van der Waals surface area contributed by atoms with Crippen LogP contribution >= 0.6 is 0 Å². The molecule has 0 bridgehead atoms. The highest BCUT2D eigenvalue weighted by atomic mass is 16.5. The topological polar surface area (TPSA) is 104 Å². The number of urea groups is 1. The first-order chi connectivity index (χ1) is 13.5. The van der Waals surface area contributed by atoms with E-state index in [1.807, 2.05) is 24.4 Å². The van der Waals surface area contributed by atoms with E-state index in [1.54, 1.807) is 13.2 Å². The third-order valence-electron chi connectivity index (χ3n) is 4.79. The Morgan fingerprint density at radius 1 is 1.39 bits per heavy atom. The summed E-state index contributed by atoms with van der Waals surface area (Å²) in [7, 11) is 1.61. The minimum atomic E-state index is -0.662. The van der Waals surface area contributed by atoms with Gasteiger partial charge in [0.15, 0.2) is 0 Å². The quantitative estimate of drug-likeness (QED) is 0.452. The number of methoxy groups -OCH3 is 1. The van der Waals surface area contributed by atoms with Crippen molar-refractivity contribution in [2.75, 3.05) is 20.2 Å². The zero-order valence-electron chi connectivity index (χ0n) is 15.8. The Morgan fingerprint density at radius 3 is 2.96 bits per heavy atom. The molecule has 3 N–H and O–H groups in total. The lowest BCUT2D eigenvalue weighted by atomic mass is 10.1. The van der Waals surface area contributed by atoms with E-state index in [0.717, 1.165) is 22.2 Å². The molecule has 8 heteroatoms. The predicted molar refractivity (Wildman–Crippen MR) is 105 cm³/mol. The summed E-state index contributed by atoms with van der Waals surface area (Å²) < 4.78 is 5.26. The summed E-state index contributed by atoms with van der Waals surface area (Å²) >= 11 is 0. The molecule has 1 fully saturated rings. The minimum Gasteiger partial charge on any atom is -0.497 e. The van der Waals surface area contributed by atoms with E-state index < -0.39 is 12.1 Å². The van der Waals surface area contributed by atoms with Crippen molar-refractivity contribution in [2.45, 2.75) is 25.3 Å². The van der Waals surface area contributed by atoms with Gasteiger partial charge in [-0.05, 0) is 36.6 Å². The van der Waals surface area contributed by atoms with E-state index in [9.17, 15) is 14.4 Å². The second-order valence-corrected chi connectivity index (χ2v) is 6.60. The van der Waals surface area contributed by atoms with Crippen LogP contribution in [0.1, 0.15) is 18.4 Å². The van der Waals surface area contributed by atoms with Crippen LogP contribution in [0.25, 0.3) is 10.9 Å². The molecule has 1 aliphatic heterocycles. The third-order valence-corrected chi connectivity index (χ3v) is 4.79. The number of hydrogen-bond donors (Lipinski definition) is 3. The van der Waals surface area contributed by atoms with E-state index in [1.165, 1.54) is 4.90 Å². The molecule has 1 saturated heterocycles. The van der Waals surface area contributed by atoms with Gasteiger partial charge in [0, 0.05) is 36.6 Å². The Morgan fingerprint density at radius 2 is 2.21 bits per heavy atom. The number of rotatable bonds is 9. The second kappa shape index (κ2) is 8.60. The van der Waals surface area contributed by atoms with Crippen LogP contribution in [0.5, 0.6) is 5.75 Å². The van der Waals surface area contributed by atoms with Crippen LogP contribution in [0.4, 0.5) is 4.79 Å². The van der Waals surface area contributed by atoms with Gasteiger partial charge >= 0.3 is 6.03 Å². The molecule has 148 valence electrons. The molecule has 2 heterocycles. The smallest absolute Gasteiger partial charge is 0.324 e. The molecular formula is C20H24N4O4. The minimum absolute atomic E-state index is 0.167. The predicted octanol–water partition coefficient (Wildman–Crippen LogP) is 1.72. The lowest BCUT2D eigenvalue weighted by Gasteiger charge is -2.12. The molecule has 0 saturated carbocycles. The van der Waals surface area contributed by atoms with E-state index in [2.05, 4.69) is 22.2 Å². The van der Waals surface area contributed by atoms with Crippen LogP contribution in [0.3, 0.4) is 0 Å². The lowest BCUT2D eigenvalue weighted by Crippen LogP contribution is -2.34. The monoisotopic (exact) mass is 384 g/mol. The number of carbonyl (C=O) groups excluding carboxylic acids is 3. The molecule has 4 amide bonds. The maximum Gasteiger partial charge on any atom is 0.324 e. The summed E-state index contributed by atoms with van der Waals surface area (Å²) in [5, 5.41) is 6.32. The molecule has 28 heavy (non-hydrogen) atoms. The summed E-state index contributed by atoms with van der Waals surface area (Å²) in [6, 6.07) is 4.65. The van der Waals surface area contributed by atoms with Gasteiger partial charge in [-0.15, -0.1) is 6.58 Å². The maximum atomic E-state index is 12.5. The normalized spacial score (nSPS) is 16.3. The van der Waals surface area contributed by atoms with Gasteiger partial charge in [0.05, 0.1) is 7.11 Å². The number of aromatic amines is 1. The molecule has 0 spiro atoms. The van der Waals surface area contributed by atoms with Crippen molar-refractivity contribution in [1.82, 2.24) is 20.5 Å². The standard InChI is InChI=1S/C20H24N4O4/c1-3-9-21-18(25)7-6-17-19(26)24(20(27)23-17)10-8-13-12-22-16-5-4-14(28-2)11-15(13)16/h3-5,11-12,17,22H,1,6-10H2,2H3,(H,21,25)(H,23,27)/t17-/m0/s1. The van der Waals surface area contributed by atoms with Gasteiger partial charge in [0.25, 0.3) is 5.91 Å². The molecule has 2 aromatic rings. The number of amides is 4. The number of carbonyl (C=O) groups is 3. The molecule has 1 aromatic carbocycles. The zero-order chi connectivity index (χ0) is 20.1. The fraction of sp³-hybridized carbons (Fsp3) is 0.350. The van der Waals surface area contributed by atoms with Crippen molar-refractivity contribution >= 4 is 28.7 Å². The van der Waals surface area contributed by atoms with E-state index >= 15 is 0 Å².